The zero-order valence-corrected chi connectivity index (χ0v) is 22.2. The van der Waals surface area contributed by atoms with Crippen molar-refractivity contribution in [3.05, 3.63) is 102 Å². The normalized spacial score (nSPS) is 14.2. The molecule has 0 unspecified atom stereocenters. The zero-order chi connectivity index (χ0) is 28.3. The summed E-state index contributed by atoms with van der Waals surface area (Å²) in [5.41, 5.74) is 2.01. The first-order chi connectivity index (χ1) is 19.2. The number of alkyl halides is 2. The Morgan fingerprint density at radius 2 is 1.82 bits per heavy atom. The Kier molecular flexibility index (Phi) is 7.80. The summed E-state index contributed by atoms with van der Waals surface area (Å²) in [7, 11) is 0. The van der Waals surface area contributed by atoms with Crippen LogP contribution in [0.3, 0.4) is 0 Å². The van der Waals surface area contributed by atoms with Gasteiger partial charge in [0.25, 0.3) is 5.92 Å². The van der Waals surface area contributed by atoms with Crippen LogP contribution in [0.15, 0.2) is 85.7 Å². The summed E-state index contributed by atoms with van der Waals surface area (Å²) in [5, 5.41) is 0.872. The van der Waals surface area contributed by atoms with Gasteiger partial charge in [0.05, 0.1) is 24.2 Å². The van der Waals surface area contributed by atoms with Crippen molar-refractivity contribution in [3.8, 4) is 17.2 Å². The van der Waals surface area contributed by atoms with Gasteiger partial charge in [-0.1, -0.05) is 31.4 Å². The third kappa shape index (κ3) is 6.13. The quantitative estimate of drug-likeness (QED) is 0.211. The van der Waals surface area contributed by atoms with Crippen LogP contribution >= 0.6 is 0 Å². The summed E-state index contributed by atoms with van der Waals surface area (Å²) in [6, 6.07) is 15.4. The number of rotatable bonds is 10. The van der Waals surface area contributed by atoms with Gasteiger partial charge in [0, 0.05) is 44.2 Å². The highest BCUT2D eigenvalue weighted by atomic mass is 19.3. The lowest BCUT2D eigenvalue weighted by atomic mass is 9.93. The number of fused-ring (bicyclic) bond motifs is 1. The Bertz CT molecular complexity index is 1550. The van der Waals surface area contributed by atoms with E-state index in [9.17, 15) is 13.6 Å². The Hall–Kier alpha value is -4.30. The molecule has 0 radical (unpaired) electrons. The molecule has 0 aliphatic carbocycles. The van der Waals surface area contributed by atoms with Crippen LogP contribution in [-0.4, -0.2) is 35.1 Å². The second-order valence-electron chi connectivity index (χ2n) is 9.91. The summed E-state index contributed by atoms with van der Waals surface area (Å²) in [4.78, 5) is 20.5. The van der Waals surface area contributed by atoms with Crippen molar-refractivity contribution in [1.82, 2.24) is 9.97 Å². The van der Waals surface area contributed by atoms with E-state index in [0.717, 1.165) is 23.5 Å². The molecule has 1 fully saturated rings. The number of nitrogens with zero attached hydrogens (tertiary/aromatic N) is 1. The number of ether oxygens (including phenoxy) is 3. The van der Waals surface area contributed by atoms with Gasteiger partial charge in [-0.15, -0.1) is 0 Å². The molecule has 0 spiro atoms. The summed E-state index contributed by atoms with van der Waals surface area (Å²) >= 11 is 0. The Morgan fingerprint density at radius 1 is 1.07 bits per heavy atom. The monoisotopic (exact) mass is 544 g/mol. The number of Topliss-reactive ketones (excluding diaryl/α,β-unsaturated/α-hetero) is 1. The van der Waals surface area contributed by atoms with E-state index in [0.29, 0.717) is 48.7 Å². The maximum atomic E-state index is 14.5. The van der Waals surface area contributed by atoms with E-state index >= 15 is 0 Å². The van der Waals surface area contributed by atoms with Crippen LogP contribution < -0.4 is 9.47 Å². The Balaban J connectivity index is 1.25. The van der Waals surface area contributed by atoms with Crippen LogP contribution in [-0.2, 0) is 21.9 Å². The minimum atomic E-state index is -3.16. The molecule has 40 heavy (non-hydrogen) atoms. The van der Waals surface area contributed by atoms with E-state index in [1.165, 1.54) is 12.1 Å². The van der Waals surface area contributed by atoms with Crippen LogP contribution in [0.5, 0.6) is 17.2 Å². The lowest BCUT2D eigenvalue weighted by molar-refractivity contribution is -0.110. The minimum Gasteiger partial charge on any atom is -0.490 e. The van der Waals surface area contributed by atoms with E-state index < -0.39 is 11.7 Å². The van der Waals surface area contributed by atoms with Crippen LogP contribution in [0, 0.1) is 0 Å². The third-order valence-electron chi connectivity index (χ3n) is 6.85. The Labute approximate surface area is 231 Å². The van der Waals surface area contributed by atoms with Crippen molar-refractivity contribution in [2.24, 2.45) is 0 Å². The molecule has 0 atom stereocenters. The number of H-pyrrole nitrogens is 1. The molecule has 2 aromatic heterocycles. The number of benzene rings is 2. The van der Waals surface area contributed by atoms with E-state index in [4.69, 9.17) is 14.2 Å². The van der Waals surface area contributed by atoms with Gasteiger partial charge < -0.3 is 19.2 Å². The number of aromatic nitrogens is 2. The van der Waals surface area contributed by atoms with Crippen LogP contribution in [0.4, 0.5) is 8.78 Å². The second kappa shape index (κ2) is 11.4. The van der Waals surface area contributed by atoms with Crippen LogP contribution in [0.1, 0.15) is 36.5 Å². The first kappa shape index (κ1) is 27.3. The number of hydrogen-bond donors (Lipinski definition) is 1. The topological polar surface area (TPSA) is 73.4 Å². The molecule has 1 saturated heterocycles. The smallest absolute Gasteiger partial charge is 0.274 e. The van der Waals surface area contributed by atoms with Crippen molar-refractivity contribution >= 4 is 22.4 Å². The molecule has 5 rings (SSSR count). The molecule has 8 heteroatoms. The van der Waals surface area contributed by atoms with Gasteiger partial charge in [0.15, 0.2) is 5.78 Å². The largest absolute Gasteiger partial charge is 0.490 e. The molecular weight excluding hydrogens is 514 g/mol. The maximum Gasteiger partial charge on any atom is 0.274 e. The number of ketones is 1. The predicted octanol–water partition coefficient (Wildman–Crippen LogP) is 7.41. The number of carbonyl (C=O) groups excluding carboxylic acids is 1. The molecule has 206 valence electrons. The molecule has 2 aromatic carbocycles. The number of nitrogens with one attached hydrogen (secondary N) is 1. The van der Waals surface area contributed by atoms with Gasteiger partial charge in [-0.3, -0.25) is 4.79 Å². The first-order valence-electron chi connectivity index (χ1n) is 13.1. The highest BCUT2D eigenvalue weighted by molar-refractivity contribution is 6.28. The number of carbonyl (C=O) groups is 1. The van der Waals surface area contributed by atoms with Crippen molar-refractivity contribution in [1.29, 1.82) is 0 Å². The molecule has 1 aliphatic rings. The fourth-order valence-electron chi connectivity index (χ4n) is 4.63. The number of pyridine rings is 1. The highest BCUT2D eigenvalue weighted by Gasteiger charge is 2.31. The second-order valence-corrected chi connectivity index (χ2v) is 9.91. The van der Waals surface area contributed by atoms with Gasteiger partial charge in [-0.2, -0.15) is 0 Å². The number of halogens is 2. The molecule has 0 saturated carbocycles. The van der Waals surface area contributed by atoms with E-state index in [1.807, 2.05) is 30.3 Å². The average molecular weight is 545 g/mol. The third-order valence-corrected chi connectivity index (χ3v) is 6.85. The van der Waals surface area contributed by atoms with Crippen molar-refractivity contribution in [3.63, 3.8) is 0 Å². The minimum absolute atomic E-state index is 0.0984. The van der Waals surface area contributed by atoms with Crippen LogP contribution in [0.25, 0.3) is 16.6 Å². The van der Waals surface area contributed by atoms with Crippen molar-refractivity contribution < 1.29 is 27.8 Å². The van der Waals surface area contributed by atoms with Gasteiger partial charge in [0.1, 0.15) is 29.0 Å². The maximum absolute atomic E-state index is 14.5. The van der Waals surface area contributed by atoms with E-state index in [1.54, 1.807) is 24.5 Å². The summed E-state index contributed by atoms with van der Waals surface area (Å²) < 4.78 is 46.3. The lowest BCUT2D eigenvalue weighted by Gasteiger charge is -2.26. The molecule has 1 aliphatic heterocycles. The van der Waals surface area contributed by atoms with Gasteiger partial charge in [0.2, 0.25) is 0 Å². The zero-order valence-electron chi connectivity index (χ0n) is 22.2. The number of allylic oxidation sites excluding steroid dienone is 2. The molecule has 3 heterocycles. The SMILES string of the molecule is C=C(Cc1ccc(Oc2ccnc3[nH]ccc23)cc1)C(=O)C(=C)c1ccc(OC2CCOCC2)c(C(C)(F)F)c1. The average Bonchev–Trinajstić information content (AvgIpc) is 3.44. The lowest BCUT2D eigenvalue weighted by Crippen LogP contribution is -2.27. The van der Waals surface area contributed by atoms with E-state index in [-0.39, 0.29) is 29.4 Å². The van der Waals surface area contributed by atoms with Gasteiger partial charge >= 0.3 is 0 Å². The molecule has 0 amide bonds. The fraction of sp³-hybridized carbons (Fsp3) is 0.250. The first-order valence-corrected chi connectivity index (χ1v) is 13.1. The number of aromatic amines is 1. The van der Waals surface area contributed by atoms with Gasteiger partial charge in [-0.05, 0) is 53.1 Å². The fourth-order valence-corrected chi connectivity index (χ4v) is 4.63. The van der Waals surface area contributed by atoms with Crippen molar-refractivity contribution in [2.75, 3.05) is 13.2 Å². The van der Waals surface area contributed by atoms with Crippen LogP contribution in [0.2, 0.25) is 0 Å². The number of hydrogen-bond acceptors (Lipinski definition) is 5. The highest BCUT2D eigenvalue weighted by Crippen LogP contribution is 2.38. The Morgan fingerprint density at radius 3 is 2.55 bits per heavy atom. The molecule has 4 aromatic rings. The molecule has 6 nitrogen and oxygen atoms in total. The molecular formula is C32H30F2N2O4. The summed E-state index contributed by atoms with van der Waals surface area (Å²) in [5.74, 6) is -2.14. The van der Waals surface area contributed by atoms with Gasteiger partial charge in [-0.25, -0.2) is 13.8 Å². The summed E-state index contributed by atoms with van der Waals surface area (Å²) in [6.07, 6.45) is 4.82. The standard InChI is InChI=1S/C32H30F2N2O4/c1-20(18-22-4-7-24(8-5-22)39-28-11-15-36-31-26(28)10-14-35-31)30(37)21(2)23-6-9-29(27(19-23)32(3,33)34)40-25-12-16-38-17-13-25/h4-11,14-15,19,25H,1-2,12-13,16-18H2,3H3,(H,35,36). The summed E-state index contributed by atoms with van der Waals surface area (Å²) in [6.45, 7) is 9.72. The predicted molar refractivity (Wildman–Crippen MR) is 150 cm³/mol. The van der Waals surface area contributed by atoms with Crippen molar-refractivity contribution in [2.45, 2.75) is 38.2 Å². The molecule has 0 bridgehead atoms. The van der Waals surface area contributed by atoms with E-state index in [2.05, 4.69) is 23.1 Å². The molecule has 1 N–H and O–H groups in total.